The molecule has 8 heteroatoms. The summed E-state index contributed by atoms with van der Waals surface area (Å²) in [6.45, 7) is 1.16. The molecule has 0 radical (unpaired) electrons. The number of carbonyl (C=O) groups is 2. The molecule has 1 aliphatic heterocycles. The van der Waals surface area contributed by atoms with Crippen LogP contribution in [0.2, 0.25) is 0 Å². The lowest BCUT2D eigenvalue weighted by Gasteiger charge is -2.22. The number of ether oxygens (including phenoxy) is 1. The first-order valence-electron chi connectivity index (χ1n) is 10.0. The van der Waals surface area contributed by atoms with Crippen molar-refractivity contribution in [1.29, 1.82) is 0 Å². The highest BCUT2D eigenvalue weighted by atomic mass is 19.3. The minimum atomic E-state index is -3.20. The van der Waals surface area contributed by atoms with Crippen LogP contribution in [-0.2, 0) is 15.5 Å². The zero-order valence-electron chi connectivity index (χ0n) is 17.3. The third-order valence-electron chi connectivity index (χ3n) is 5.95. The van der Waals surface area contributed by atoms with Gasteiger partial charge in [0.25, 0.3) is 11.8 Å². The molecule has 0 spiro atoms. The molecule has 2 aromatic rings. The summed E-state index contributed by atoms with van der Waals surface area (Å²) < 4.78 is 49.2. The quantitative estimate of drug-likeness (QED) is 0.787. The van der Waals surface area contributed by atoms with E-state index in [0.29, 0.717) is 11.1 Å². The van der Waals surface area contributed by atoms with Crippen LogP contribution in [0, 0.1) is 0 Å². The number of hydrogen-bond acceptors (Lipinski definition) is 3. The van der Waals surface area contributed by atoms with E-state index in [1.807, 2.05) is 0 Å². The molecule has 2 aliphatic rings. The van der Waals surface area contributed by atoms with Gasteiger partial charge in [0.05, 0.1) is 19.7 Å². The van der Waals surface area contributed by atoms with Crippen LogP contribution in [0.15, 0.2) is 42.5 Å². The van der Waals surface area contributed by atoms with Crippen LogP contribution in [0.5, 0.6) is 0 Å². The number of halogens is 3. The summed E-state index contributed by atoms with van der Waals surface area (Å²) in [7, 11) is 1.40. The maximum Gasteiger partial charge on any atom is 0.299 e. The van der Waals surface area contributed by atoms with E-state index in [0.717, 1.165) is 0 Å². The first kappa shape index (κ1) is 21.4. The predicted molar refractivity (Wildman–Crippen MR) is 109 cm³/mol. The zero-order chi connectivity index (χ0) is 22.4. The molecule has 31 heavy (non-hydrogen) atoms. The van der Waals surface area contributed by atoms with E-state index in [1.54, 1.807) is 25.1 Å². The van der Waals surface area contributed by atoms with Crippen LogP contribution in [0.1, 0.15) is 34.8 Å². The lowest BCUT2D eigenvalue weighted by atomic mass is 10.0. The molecule has 1 fully saturated rings. The average Bonchev–Trinajstić information content (AvgIpc) is 3.17. The first-order chi connectivity index (χ1) is 14.7. The third-order valence-corrected chi connectivity index (χ3v) is 5.95. The number of methoxy groups -OCH3 is 1. The van der Waals surface area contributed by atoms with Gasteiger partial charge >= 0.3 is 0 Å². The smallest absolute Gasteiger partial charge is 0.299 e. The summed E-state index contributed by atoms with van der Waals surface area (Å²) >= 11 is 0. The molecular formula is C23H23F3N2O3. The standard InChI is InChI=1S/C23H23F3N2O3/c1-14-10-22(24,13-31-2)12-28(14)20(29)11-27-21(30)15-7-8-17-16-5-3-4-6-18(16)23(25,26)19(17)9-15/h3-9,14H,10-13H2,1-2H3,(H,27,30)/t14?,22-/m1/s1. The number of benzene rings is 2. The number of rotatable bonds is 5. The highest BCUT2D eigenvalue weighted by molar-refractivity contribution is 5.98. The molecule has 0 bridgehead atoms. The predicted octanol–water partition coefficient (Wildman–Crippen LogP) is 3.51. The topological polar surface area (TPSA) is 58.6 Å². The molecule has 4 rings (SSSR count). The highest BCUT2D eigenvalue weighted by Gasteiger charge is 2.45. The van der Waals surface area contributed by atoms with E-state index in [-0.39, 0.29) is 48.8 Å². The molecule has 2 amide bonds. The average molecular weight is 432 g/mol. The molecule has 1 N–H and O–H groups in total. The molecule has 2 aromatic carbocycles. The SMILES string of the molecule is COC[C@@]1(F)CC(C)N(C(=O)CNC(=O)c2ccc3c(c2)C(F)(F)c2ccccc2-3)C1. The van der Waals surface area contributed by atoms with Crippen LogP contribution < -0.4 is 5.32 Å². The summed E-state index contributed by atoms with van der Waals surface area (Å²) in [5.41, 5.74) is -1.08. The number of alkyl halides is 3. The van der Waals surface area contributed by atoms with Crippen molar-refractivity contribution in [2.75, 3.05) is 26.8 Å². The largest absolute Gasteiger partial charge is 0.381 e. The second-order valence-corrected chi connectivity index (χ2v) is 8.22. The number of nitrogens with one attached hydrogen (secondary N) is 1. The summed E-state index contributed by atoms with van der Waals surface area (Å²) in [6, 6.07) is 10.0. The van der Waals surface area contributed by atoms with Crippen molar-refractivity contribution in [3.05, 3.63) is 59.2 Å². The third kappa shape index (κ3) is 3.69. The van der Waals surface area contributed by atoms with Crippen molar-refractivity contribution in [1.82, 2.24) is 10.2 Å². The van der Waals surface area contributed by atoms with Crippen molar-refractivity contribution in [2.24, 2.45) is 0 Å². The fourth-order valence-corrected chi connectivity index (χ4v) is 4.54. The molecule has 0 aromatic heterocycles. The van der Waals surface area contributed by atoms with Gasteiger partial charge in [0, 0.05) is 36.3 Å². The number of hydrogen-bond donors (Lipinski definition) is 1. The van der Waals surface area contributed by atoms with E-state index < -0.39 is 23.4 Å². The van der Waals surface area contributed by atoms with Gasteiger partial charge in [-0.25, -0.2) is 4.39 Å². The lowest BCUT2D eigenvalue weighted by Crippen LogP contribution is -2.43. The number of likely N-dealkylation sites (tertiary alicyclic amines) is 1. The van der Waals surface area contributed by atoms with Crippen molar-refractivity contribution in [3.8, 4) is 11.1 Å². The molecular weight excluding hydrogens is 409 g/mol. The van der Waals surface area contributed by atoms with E-state index in [4.69, 9.17) is 4.74 Å². The van der Waals surface area contributed by atoms with E-state index in [9.17, 15) is 22.8 Å². The van der Waals surface area contributed by atoms with Crippen molar-refractivity contribution >= 4 is 11.8 Å². The van der Waals surface area contributed by atoms with Crippen molar-refractivity contribution in [2.45, 2.75) is 31.0 Å². The van der Waals surface area contributed by atoms with E-state index in [1.165, 1.54) is 36.3 Å². The molecule has 1 unspecified atom stereocenters. The molecule has 1 saturated heterocycles. The lowest BCUT2D eigenvalue weighted by molar-refractivity contribution is -0.131. The Morgan fingerprint density at radius 2 is 1.84 bits per heavy atom. The fraction of sp³-hybridized carbons (Fsp3) is 0.391. The zero-order valence-corrected chi connectivity index (χ0v) is 17.3. The first-order valence-corrected chi connectivity index (χ1v) is 10.0. The Hall–Kier alpha value is -2.87. The number of carbonyl (C=O) groups excluding carboxylic acids is 2. The van der Waals surface area contributed by atoms with Crippen LogP contribution >= 0.6 is 0 Å². The number of nitrogens with zero attached hydrogens (tertiary/aromatic N) is 1. The molecule has 5 nitrogen and oxygen atoms in total. The molecule has 2 atom stereocenters. The van der Waals surface area contributed by atoms with Crippen LogP contribution in [0.25, 0.3) is 11.1 Å². The van der Waals surface area contributed by atoms with Crippen molar-refractivity contribution in [3.63, 3.8) is 0 Å². The maximum atomic E-state index is 14.8. The Labute approximate surface area is 178 Å². The second-order valence-electron chi connectivity index (χ2n) is 8.22. The Bertz CT molecular complexity index is 1040. The summed E-state index contributed by atoms with van der Waals surface area (Å²) in [4.78, 5) is 26.4. The monoisotopic (exact) mass is 432 g/mol. The molecule has 1 heterocycles. The summed E-state index contributed by atoms with van der Waals surface area (Å²) in [6.07, 6.45) is 0.154. The number of amides is 2. The Morgan fingerprint density at radius 1 is 1.13 bits per heavy atom. The summed E-state index contributed by atoms with van der Waals surface area (Å²) in [5.74, 6) is -4.28. The van der Waals surface area contributed by atoms with Crippen molar-refractivity contribution < 1.29 is 27.5 Å². The van der Waals surface area contributed by atoms with Gasteiger partial charge in [-0.15, -0.1) is 0 Å². The Kier molecular flexibility index (Phi) is 5.29. The molecule has 1 aliphatic carbocycles. The van der Waals surface area contributed by atoms with Gasteiger partial charge in [-0.1, -0.05) is 30.3 Å². The minimum absolute atomic E-state index is 0.0349. The normalized spacial score (nSPS) is 23.4. The van der Waals surface area contributed by atoms with Gasteiger partial charge in [-0.3, -0.25) is 9.59 Å². The van der Waals surface area contributed by atoms with Crippen LogP contribution in [0.4, 0.5) is 13.2 Å². The van der Waals surface area contributed by atoms with Gasteiger partial charge in [-0.05, 0) is 30.2 Å². The number of fused-ring (bicyclic) bond motifs is 3. The van der Waals surface area contributed by atoms with E-state index in [2.05, 4.69) is 5.32 Å². The Balaban J connectivity index is 1.45. The van der Waals surface area contributed by atoms with Gasteiger partial charge in [0.15, 0.2) is 5.67 Å². The molecule has 164 valence electrons. The van der Waals surface area contributed by atoms with Gasteiger partial charge in [0.1, 0.15) is 0 Å². The van der Waals surface area contributed by atoms with Gasteiger partial charge < -0.3 is 15.0 Å². The summed E-state index contributed by atoms with van der Waals surface area (Å²) in [5, 5.41) is 2.47. The molecule has 0 saturated carbocycles. The Morgan fingerprint density at radius 3 is 2.58 bits per heavy atom. The van der Waals surface area contributed by atoms with E-state index >= 15 is 0 Å². The second kappa shape index (κ2) is 7.67. The minimum Gasteiger partial charge on any atom is -0.381 e. The fourth-order valence-electron chi connectivity index (χ4n) is 4.54. The maximum absolute atomic E-state index is 14.8. The van der Waals surface area contributed by atoms with Gasteiger partial charge in [-0.2, -0.15) is 8.78 Å². The highest BCUT2D eigenvalue weighted by Crippen LogP contribution is 2.50. The van der Waals surface area contributed by atoms with Crippen LogP contribution in [-0.4, -0.2) is 55.2 Å². The van der Waals surface area contributed by atoms with Crippen LogP contribution in [0.3, 0.4) is 0 Å². The van der Waals surface area contributed by atoms with Gasteiger partial charge in [0.2, 0.25) is 5.91 Å².